The van der Waals surface area contributed by atoms with Crippen LogP contribution in [0.4, 0.5) is 13.2 Å². The predicted molar refractivity (Wildman–Crippen MR) is 71.5 cm³/mol. The highest BCUT2D eigenvalue weighted by Gasteiger charge is 2.30. The van der Waals surface area contributed by atoms with Crippen LogP contribution in [0.15, 0.2) is 41.3 Å². The van der Waals surface area contributed by atoms with E-state index < -0.39 is 17.8 Å². The van der Waals surface area contributed by atoms with Gasteiger partial charge in [-0.05, 0) is 37.6 Å². The molecule has 3 nitrogen and oxygen atoms in total. The first-order valence-corrected chi connectivity index (χ1v) is 6.27. The number of aliphatic hydroxyl groups is 1. The molecule has 0 saturated carbocycles. The average Bonchev–Trinajstić information content (AvgIpc) is 2.80. The van der Waals surface area contributed by atoms with Crippen molar-refractivity contribution >= 4 is 0 Å². The number of nitrogens with zero attached hydrogens (tertiary/aromatic N) is 1. The Morgan fingerprint density at radius 2 is 1.95 bits per heavy atom. The molecule has 0 fully saturated rings. The van der Waals surface area contributed by atoms with Gasteiger partial charge in [0.25, 0.3) is 0 Å². The summed E-state index contributed by atoms with van der Waals surface area (Å²) in [5.41, 5.74) is 0.184. The molecule has 0 radical (unpaired) electrons. The lowest BCUT2D eigenvalue weighted by Gasteiger charge is -2.06. The summed E-state index contributed by atoms with van der Waals surface area (Å²) in [6.07, 6.45) is -3.39. The summed E-state index contributed by atoms with van der Waals surface area (Å²) >= 11 is 0. The summed E-state index contributed by atoms with van der Waals surface area (Å²) < 4.78 is 42.9. The zero-order valence-corrected chi connectivity index (χ0v) is 11.3. The van der Waals surface area contributed by atoms with E-state index in [1.54, 1.807) is 13.0 Å². The maximum absolute atomic E-state index is 12.5. The molecule has 0 amide bonds. The van der Waals surface area contributed by atoms with E-state index in [0.29, 0.717) is 23.4 Å². The molecule has 1 aromatic heterocycles. The summed E-state index contributed by atoms with van der Waals surface area (Å²) in [5, 5.41) is 9.86. The molecular formula is C15H14F3NO2. The van der Waals surface area contributed by atoms with Crippen molar-refractivity contribution in [3.63, 3.8) is 0 Å². The third-order valence-electron chi connectivity index (χ3n) is 2.98. The second kappa shape index (κ2) is 5.73. The number of hydrogen-bond acceptors (Lipinski definition) is 3. The Balaban J connectivity index is 2.31. The Bertz CT molecular complexity index is 629. The van der Waals surface area contributed by atoms with E-state index in [0.717, 1.165) is 12.1 Å². The van der Waals surface area contributed by atoms with Gasteiger partial charge < -0.3 is 9.52 Å². The van der Waals surface area contributed by atoms with Crippen molar-refractivity contribution in [1.82, 2.24) is 4.98 Å². The summed E-state index contributed by atoms with van der Waals surface area (Å²) in [4.78, 5) is 4.13. The van der Waals surface area contributed by atoms with E-state index in [4.69, 9.17) is 4.42 Å². The fourth-order valence-electron chi connectivity index (χ4n) is 1.91. The van der Waals surface area contributed by atoms with E-state index in [2.05, 4.69) is 11.6 Å². The molecule has 0 aliphatic rings. The molecule has 1 heterocycles. The minimum atomic E-state index is -4.38. The Hall–Kier alpha value is -2.08. The highest BCUT2D eigenvalue weighted by atomic mass is 19.4. The van der Waals surface area contributed by atoms with Crippen molar-refractivity contribution in [3.8, 4) is 11.5 Å². The van der Waals surface area contributed by atoms with Crippen LogP contribution in [0.2, 0.25) is 0 Å². The van der Waals surface area contributed by atoms with Gasteiger partial charge in [0.05, 0.1) is 11.3 Å². The highest BCUT2D eigenvalue weighted by molar-refractivity contribution is 5.54. The van der Waals surface area contributed by atoms with E-state index in [1.807, 2.05) is 0 Å². The number of aryl methyl sites for hydroxylation is 1. The summed E-state index contributed by atoms with van der Waals surface area (Å²) in [6.45, 7) is 5.19. The lowest BCUT2D eigenvalue weighted by Crippen LogP contribution is -2.03. The van der Waals surface area contributed by atoms with Crippen LogP contribution in [0.1, 0.15) is 29.5 Å². The van der Waals surface area contributed by atoms with Gasteiger partial charge in [0.2, 0.25) is 5.89 Å². The van der Waals surface area contributed by atoms with Gasteiger partial charge in [-0.3, -0.25) is 0 Å². The number of benzene rings is 1. The number of aromatic nitrogens is 1. The van der Waals surface area contributed by atoms with Crippen molar-refractivity contribution in [2.24, 2.45) is 0 Å². The largest absolute Gasteiger partial charge is 0.438 e. The standard InChI is InChI=1S/C15H14F3NO2/c1-3-4-12(20)13-9(2)19-14(21-13)10-5-7-11(8-6-10)15(16,17)18/h3,5-8,12,20H,1,4H2,2H3. The molecule has 1 aromatic carbocycles. The minimum Gasteiger partial charge on any atom is -0.438 e. The maximum Gasteiger partial charge on any atom is 0.416 e. The molecule has 6 heteroatoms. The van der Waals surface area contributed by atoms with Gasteiger partial charge in [-0.25, -0.2) is 4.98 Å². The second-order valence-electron chi connectivity index (χ2n) is 4.58. The first kappa shape index (κ1) is 15.3. The number of alkyl halides is 3. The van der Waals surface area contributed by atoms with Gasteiger partial charge in [0.1, 0.15) is 6.10 Å². The SMILES string of the molecule is C=CCC(O)c1oc(-c2ccc(C(F)(F)F)cc2)nc1C. The van der Waals surface area contributed by atoms with Crippen LogP contribution >= 0.6 is 0 Å². The number of aliphatic hydroxyl groups excluding tert-OH is 1. The zero-order chi connectivity index (χ0) is 15.6. The molecule has 1 atom stereocenters. The van der Waals surface area contributed by atoms with Crippen LogP contribution in [0.3, 0.4) is 0 Å². The first-order valence-electron chi connectivity index (χ1n) is 6.27. The zero-order valence-electron chi connectivity index (χ0n) is 11.3. The summed E-state index contributed by atoms with van der Waals surface area (Å²) in [6, 6.07) is 4.51. The molecule has 21 heavy (non-hydrogen) atoms. The minimum absolute atomic E-state index is 0.180. The van der Waals surface area contributed by atoms with Crippen molar-refractivity contribution in [1.29, 1.82) is 0 Å². The van der Waals surface area contributed by atoms with E-state index in [9.17, 15) is 18.3 Å². The second-order valence-corrected chi connectivity index (χ2v) is 4.58. The lowest BCUT2D eigenvalue weighted by molar-refractivity contribution is -0.137. The summed E-state index contributed by atoms with van der Waals surface area (Å²) in [5.74, 6) is 0.476. The number of hydrogen-bond donors (Lipinski definition) is 1. The smallest absolute Gasteiger partial charge is 0.416 e. The molecule has 1 unspecified atom stereocenters. The van der Waals surface area contributed by atoms with Crippen LogP contribution in [0.25, 0.3) is 11.5 Å². The predicted octanol–water partition coefficient (Wildman–Crippen LogP) is 4.28. The van der Waals surface area contributed by atoms with E-state index in [-0.39, 0.29) is 5.89 Å². The Morgan fingerprint density at radius 1 is 1.33 bits per heavy atom. The molecule has 2 rings (SSSR count). The molecule has 0 spiro atoms. The average molecular weight is 297 g/mol. The fraction of sp³-hybridized carbons (Fsp3) is 0.267. The number of rotatable bonds is 4. The topological polar surface area (TPSA) is 46.3 Å². The molecule has 112 valence electrons. The third-order valence-corrected chi connectivity index (χ3v) is 2.98. The van der Waals surface area contributed by atoms with Crippen LogP contribution in [-0.2, 0) is 6.18 Å². The van der Waals surface area contributed by atoms with Crippen LogP contribution in [0, 0.1) is 6.92 Å². The molecule has 0 aliphatic heterocycles. The van der Waals surface area contributed by atoms with Gasteiger partial charge in [0.15, 0.2) is 5.76 Å². The van der Waals surface area contributed by atoms with Crippen LogP contribution in [-0.4, -0.2) is 10.1 Å². The quantitative estimate of drug-likeness (QED) is 0.857. The normalized spacial score (nSPS) is 13.2. The van der Waals surface area contributed by atoms with Crippen molar-refractivity contribution in [2.45, 2.75) is 25.6 Å². The van der Waals surface area contributed by atoms with Gasteiger partial charge in [-0.15, -0.1) is 6.58 Å². The molecule has 1 N–H and O–H groups in total. The number of halogens is 3. The molecule has 0 bridgehead atoms. The van der Waals surface area contributed by atoms with Gasteiger partial charge in [-0.2, -0.15) is 13.2 Å². The first-order chi connectivity index (χ1) is 9.82. The molecule has 2 aromatic rings. The van der Waals surface area contributed by atoms with Crippen LogP contribution < -0.4 is 0 Å². The Labute approximate surface area is 119 Å². The van der Waals surface area contributed by atoms with Gasteiger partial charge in [-0.1, -0.05) is 6.08 Å². The highest BCUT2D eigenvalue weighted by Crippen LogP contribution is 2.32. The monoisotopic (exact) mass is 297 g/mol. The van der Waals surface area contributed by atoms with E-state index >= 15 is 0 Å². The Kier molecular flexibility index (Phi) is 4.18. The lowest BCUT2D eigenvalue weighted by atomic mass is 10.1. The molecular weight excluding hydrogens is 283 g/mol. The molecule has 0 saturated heterocycles. The maximum atomic E-state index is 12.5. The van der Waals surface area contributed by atoms with E-state index in [1.165, 1.54) is 12.1 Å². The summed E-state index contributed by atoms with van der Waals surface area (Å²) in [7, 11) is 0. The van der Waals surface area contributed by atoms with Gasteiger partial charge >= 0.3 is 6.18 Å². The number of oxazole rings is 1. The fourth-order valence-corrected chi connectivity index (χ4v) is 1.91. The van der Waals surface area contributed by atoms with Crippen LogP contribution in [0.5, 0.6) is 0 Å². The van der Waals surface area contributed by atoms with Crippen molar-refractivity contribution < 1.29 is 22.7 Å². The molecule has 0 aliphatic carbocycles. The van der Waals surface area contributed by atoms with Crippen molar-refractivity contribution in [3.05, 3.63) is 53.9 Å². The Morgan fingerprint density at radius 3 is 2.48 bits per heavy atom. The van der Waals surface area contributed by atoms with Crippen molar-refractivity contribution in [2.75, 3.05) is 0 Å². The third kappa shape index (κ3) is 3.33. The van der Waals surface area contributed by atoms with Gasteiger partial charge in [0, 0.05) is 5.56 Å².